The topological polar surface area (TPSA) is 43.6 Å². The third-order valence-electron chi connectivity index (χ3n) is 5.60. The maximum absolute atomic E-state index is 5.97. The zero-order chi connectivity index (χ0) is 17.5. The molecule has 0 bridgehead atoms. The first-order valence-electron chi connectivity index (χ1n) is 9.37. The van der Waals surface area contributed by atoms with Gasteiger partial charge < -0.3 is 15.3 Å². The van der Waals surface area contributed by atoms with Gasteiger partial charge in [-0.2, -0.15) is 0 Å². The quantitative estimate of drug-likeness (QED) is 0.439. The van der Waals surface area contributed by atoms with E-state index in [0.717, 1.165) is 18.0 Å². The van der Waals surface area contributed by atoms with Crippen molar-refractivity contribution >= 4 is 33.4 Å². The van der Waals surface area contributed by atoms with Crippen molar-refractivity contribution in [2.45, 2.75) is 31.7 Å². The highest BCUT2D eigenvalue weighted by Gasteiger charge is 2.24. The summed E-state index contributed by atoms with van der Waals surface area (Å²) in [6.07, 6.45) is 6.63. The van der Waals surface area contributed by atoms with Crippen LogP contribution in [0.15, 0.2) is 48.7 Å². The second kappa shape index (κ2) is 6.49. The van der Waals surface area contributed by atoms with Crippen molar-refractivity contribution < 1.29 is 0 Å². The van der Waals surface area contributed by atoms with Gasteiger partial charge in [0.15, 0.2) is 0 Å². The molecule has 26 heavy (non-hydrogen) atoms. The molecule has 4 aromatic rings. The Labute approximate surface area is 157 Å². The van der Waals surface area contributed by atoms with Crippen molar-refractivity contribution in [2.24, 2.45) is 0 Å². The van der Waals surface area contributed by atoms with Crippen LogP contribution < -0.4 is 5.32 Å². The van der Waals surface area contributed by atoms with Crippen molar-refractivity contribution in [2.75, 3.05) is 6.54 Å². The predicted molar refractivity (Wildman–Crippen MR) is 109 cm³/mol. The van der Waals surface area contributed by atoms with Crippen molar-refractivity contribution in [1.29, 1.82) is 0 Å². The molecule has 0 aliphatic heterocycles. The molecule has 5 rings (SSSR count). The van der Waals surface area contributed by atoms with Crippen LogP contribution in [-0.2, 0) is 12.8 Å². The van der Waals surface area contributed by atoms with Crippen LogP contribution in [0.3, 0.4) is 0 Å². The van der Waals surface area contributed by atoms with Crippen LogP contribution >= 0.6 is 11.6 Å². The summed E-state index contributed by atoms with van der Waals surface area (Å²) < 4.78 is 0. The van der Waals surface area contributed by atoms with Crippen LogP contribution in [0.5, 0.6) is 0 Å². The molecule has 1 aliphatic carbocycles. The molecule has 0 saturated heterocycles. The van der Waals surface area contributed by atoms with E-state index in [1.54, 1.807) is 0 Å². The number of aryl methyl sites for hydroxylation is 1. The highest BCUT2D eigenvalue weighted by molar-refractivity contribution is 6.30. The average molecular weight is 364 g/mol. The minimum atomic E-state index is 0.414. The normalized spacial score (nSPS) is 17.0. The highest BCUT2D eigenvalue weighted by atomic mass is 35.5. The zero-order valence-electron chi connectivity index (χ0n) is 14.6. The van der Waals surface area contributed by atoms with E-state index in [1.807, 2.05) is 18.3 Å². The predicted octanol–water partition coefficient (Wildman–Crippen LogP) is 5.51. The molecule has 3 nitrogen and oxygen atoms in total. The number of hydrogen-bond acceptors (Lipinski definition) is 1. The van der Waals surface area contributed by atoms with Gasteiger partial charge in [0.25, 0.3) is 0 Å². The van der Waals surface area contributed by atoms with Gasteiger partial charge in [0.05, 0.1) is 0 Å². The van der Waals surface area contributed by atoms with Crippen molar-refractivity contribution in [3.05, 3.63) is 70.5 Å². The van der Waals surface area contributed by atoms with Crippen molar-refractivity contribution in [3.8, 4) is 0 Å². The third kappa shape index (κ3) is 2.81. The molecule has 132 valence electrons. The van der Waals surface area contributed by atoms with E-state index < -0.39 is 0 Å². The molecule has 4 heteroatoms. The van der Waals surface area contributed by atoms with Gasteiger partial charge in [-0.25, -0.2) is 0 Å². The lowest BCUT2D eigenvalue weighted by molar-refractivity contribution is 0.456. The Kier molecular flexibility index (Phi) is 3.99. The van der Waals surface area contributed by atoms with Gasteiger partial charge in [-0.1, -0.05) is 23.7 Å². The molecule has 0 spiro atoms. The summed E-state index contributed by atoms with van der Waals surface area (Å²) in [5.41, 5.74) is 6.65. The number of H-pyrrole nitrogens is 2. The molecule has 0 radical (unpaired) electrons. The molecule has 1 atom stereocenters. The Bertz CT molecular complexity index is 1060. The highest BCUT2D eigenvalue weighted by Crippen LogP contribution is 2.36. The SMILES string of the molecule is Clc1ccc(CCNC2CCCc3c2[nH]c2cc4[nH]ccc4cc32)cc1. The van der Waals surface area contributed by atoms with E-state index in [9.17, 15) is 0 Å². The molecular formula is C22H22ClN3. The molecule has 3 N–H and O–H groups in total. The fourth-order valence-corrected chi connectivity index (χ4v) is 4.39. The number of aromatic amines is 2. The summed E-state index contributed by atoms with van der Waals surface area (Å²) >= 11 is 5.97. The summed E-state index contributed by atoms with van der Waals surface area (Å²) in [7, 11) is 0. The lowest BCUT2D eigenvalue weighted by Crippen LogP contribution is -2.27. The second-order valence-corrected chi connectivity index (χ2v) is 7.69. The lowest BCUT2D eigenvalue weighted by atomic mass is 9.91. The van der Waals surface area contributed by atoms with Gasteiger partial charge >= 0.3 is 0 Å². The smallest absolute Gasteiger partial charge is 0.0480 e. The molecule has 0 amide bonds. The van der Waals surface area contributed by atoms with Gasteiger partial charge in [0, 0.05) is 44.8 Å². The van der Waals surface area contributed by atoms with Gasteiger partial charge in [-0.15, -0.1) is 0 Å². The number of halogens is 1. The van der Waals surface area contributed by atoms with Gasteiger partial charge in [-0.3, -0.25) is 0 Å². The Morgan fingerprint density at radius 2 is 1.96 bits per heavy atom. The average Bonchev–Trinajstić information content (AvgIpc) is 3.25. The molecule has 1 unspecified atom stereocenters. The van der Waals surface area contributed by atoms with Crippen LogP contribution in [0.25, 0.3) is 21.8 Å². The number of rotatable bonds is 4. The second-order valence-electron chi connectivity index (χ2n) is 7.26. The minimum Gasteiger partial charge on any atom is -0.361 e. The van der Waals surface area contributed by atoms with E-state index in [4.69, 9.17) is 11.6 Å². The Balaban J connectivity index is 1.38. The van der Waals surface area contributed by atoms with Crippen LogP contribution in [0.4, 0.5) is 0 Å². The van der Waals surface area contributed by atoms with Crippen LogP contribution in [0, 0.1) is 0 Å². The number of nitrogens with one attached hydrogen (secondary N) is 3. The van der Waals surface area contributed by atoms with E-state index in [2.05, 4.69) is 45.6 Å². The van der Waals surface area contributed by atoms with Crippen LogP contribution in [-0.4, -0.2) is 16.5 Å². The fraction of sp³-hybridized carbons (Fsp3) is 0.273. The molecule has 2 aromatic carbocycles. The van der Waals surface area contributed by atoms with Crippen LogP contribution in [0.2, 0.25) is 5.02 Å². The molecule has 1 aliphatic rings. The molecule has 2 heterocycles. The first kappa shape index (κ1) is 16.0. The Morgan fingerprint density at radius 3 is 2.85 bits per heavy atom. The van der Waals surface area contributed by atoms with E-state index in [0.29, 0.717) is 6.04 Å². The maximum Gasteiger partial charge on any atom is 0.0480 e. The minimum absolute atomic E-state index is 0.414. The number of fused-ring (bicyclic) bond motifs is 4. The maximum atomic E-state index is 5.97. The van der Waals surface area contributed by atoms with Crippen LogP contribution in [0.1, 0.15) is 35.7 Å². The first-order valence-corrected chi connectivity index (χ1v) is 9.75. The monoisotopic (exact) mass is 363 g/mol. The van der Waals surface area contributed by atoms with E-state index >= 15 is 0 Å². The van der Waals surface area contributed by atoms with E-state index in [-0.39, 0.29) is 0 Å². The molecule has 2 aromatic heterocycles. The third-order valence-corrected chi connectivity index (χ3v) is 5.85. The molecule has 0 fully saturated rings. The summed E-state index contributed by atoms with van der Waals surface area (Å²) in [6.45, 7) is 0.974. The van der Waals surface area contributed by atoms with Crippen molar-refractivity contribution in [1.82, 2.24) is 15.3 Å². The molecular weight excluding hydrogens is 342 g/mol. The van der Waals surface area contributed by atoms with Gasteiger partial charge in [-0.05, 0) is 73.7 Å². The first-order chi connectivity index (χ1) is 12.8. The van der Waals surface area contributed by atoms with Crippen molar-refractivity contribution in [3.63, 3.8) is 0 Å². The van der Waals surface area contributed by atoms with E-state index in [1.165, 1.54) is 57.9 Å². The lowest BCUT2D eigenvalue weighted by Gasteiger charge is -2.24. The molecule has 0 saturated carbocycles. The largest absolute Gasteiger partial charge is 0.361 e. The zero-order valence-corrected chi connectivity index (χ0v) is 15.4. The summed E-state index contributed by atoms with van der Waals surface area (Å²) in [5.74, 6) is 0. The Morgan fingerprint density at radius 1 is 1.08 bits per heavy atom. The van der Waals surface area contributed by atoms with Gasteiger partial charge in [0.1, 0.15) is 0 Å². The van der Waals surface area contributed by atoms with Gasteiger partial charge in [0.2, 0.25) is 0 Å². The summed E-state index contributed by atoms with van der Waals surface area (Å²) in [6, 6.07) is 15.3. The number of hydrogen-bond donors (Lipinski definition) is 3. The number of aromatic nitrogens is 2. The number of benzene rings is 2. The fourth-order valence-electron chi connectivity index (χ4n) is 4.26. The Hall–Kier alpha value is -2.23. The standard InChI is InChI=1S/C22H22ClN3/c23-16-6-4-14(5-7-16)8-10-24-19-3-1-2-17-18-12-15-9-11-25-20(15)13-21(18)26-22(17)19/h4-7,9,11-13,19,24-26H,1-3,8,10H2. The summed E-state index contributed by atoms with van der Waals surface area (Å²) in [4.78, 5) is 7.02. The summed E-state index contributed by atoms with van der Waals surface area (Å²) in [5, 5.41) is 7.24.